The topological polar surface area (TPSA) is 58.2 Å². The number of amides is 2. The highest BCUT2D eigenvalue weighted by Crippen LogP contribution is 2.21. The van der Waals surface area contributed by atoms with Crippen LogP contribution >= 0.6 is 0 Å². The Morgan fingerprint density at radius 2 is 1.76 bits per heavy atom. The van der Waals surface area contributed by atoms with Crippen molar-refractivity contribution >= 4 is 17.5 Å². The molecule has 1 aliphatic carbocycles. The van der Waals surface area contributed by atoms with E-state index >= 15 is 0 Å². The third kappa shape index (κ3) is 4.91. The molecular weight excluding hydrogens is 264 g/mol. The van der Waals surface area contributed by atoms with Gasteiger partial charge in [-0.1, -0.05) is 24.3 Å². The van der Waals surface area contributed by atoms with E-state index in [9.17, 15) is 9.59 Å². The summed E-state index contributed by atoms with van der Waals surface area (Å²) < 4.78 is 0. The molecule has 0 aromatic heterocycles. The predicted molar refractivity (Wildman–Crippen MR) is 83.6 cm³/mol. The van der Waals surface area contributed by atoms with Gasteiger partial charge in [-0.25, -0.2) is 0 Å². The minimum absolute atomic E-state index is 0.0436. The van der Waals surface area contributed by atoms with Crippen LogP contribution < -0.4 is 10.6 Å². The molecule has 0 heterocycles. The molecule has 0 saturated carbocycles. The minimum Gasteiger partial charge on any atom is -0.327 e. The average Bonchev–Trinajstić information content (AvgIpc) is 2.42. The molecule has 0 fully saturated rings. The van der Waals surface area contributed by atoms with E-state index in [1.54, 1.807) is 0 Å². The van der Waals surface area contributed by atoms with Crippen LogP contribution in [-0.4, -0.2) is 11.8 Å². The predicted octanol–water partition coefficient (Wildman–Crippen LogP) is 2.78. The highest BCUT2D eigenvalue weighted by molar-refractivity contribution is 5.88. The van der Waals surface area contributed by atoms with Crippen LogP contribution in [0.5, 0.6) is 0 Å². The number of rotatable bonds is 4. The molecule has 1 atom stereocenters. The molecule has 4 nitrogen and oxygen atoms in total. The molecule has 21 heavy (non-hydrogen) atoms. The van der Waals surface area contributed by atoms with Crippen LogP contribution in [0.2, 0.25) is 0 Å². The highest BCUT2D eigenvalue weighted by atomic mass is 16.2. The van der Waals surface area contributed by atoms with Gasteiger partial charge in [0, 0.05) is 25.2 Å². The van der Waals surface area contributed by atoms with Crippen LogP contribution in [0.25, 0.3) is 0 Å². The van der Waals surface area contributed by atoms with Crippen molar-refractivity contribution in [1.29, 1.82) is 0 Å². The van der Waals surface area contributed by atoms with Gasteiger partial charge in [0.15, 0.2) is 0 Å². The molecule has 110 valence electrons. The molecule has 0 bridgehead atoms. The van der Waals surface area contributed by atoms with Gasteiger partial charge in [0.2, 0.25) is 11.8 Å². The SMILES string of the molecule is CC(=O)NC1=CCC(Cc2ccc(NC(C)=O)cc2)C=C1. The molecule has 0 spiro atoms. The molecule has 0 saturated heterocycles. The van der Waals surface area contributed by atoms with Crippen molar-refractivity contribution in [1.82, 2.24) is 5.32 Å². The molecule has 0 radical (unpaired) electrons. The molecule has 0 aliphatic heterocycles. The molecule has 1 aromatic rings. The molecular formula is C17H20N2O2. The van der Waals surface area contributed by atoms with Gasteiger partial charge in [-0.15, -0.1) is 0 Å². The van der Waals surface area contributed by atoms with Gasteiger partial charge in [-0.05, 0) is 42.5 Å². The largest absolute Gasteiger partial charge is 0.327 e. The van der Waals surface area contributed by atoms with Crippen molar-refractivity contribution in [2.45, 2.75) is 26.7 Å². The van der Waals surface area contributed by atoms with Crippen molar-refractivity contribution < 1.29 is 9.59 Å². The van der Waals surface area contributed by atoms with Gasteiger partial charge in [0.05, 0.1) is 0 Å². The summed E-state index contributed by atoms with van der Waals surface area (Å²) in [6.45, 7) is 3.01. The van der Waals surface area contributed by atoms with Crippen LogP contribution in [-0.2, 0) is 16.0 Å². The van der Waals surface area contributed by atoms with Crippen LogP contribution in [0.3, 0.4) is 0 Å². The summed E-state index contributed by atoms with van der Waals surface area (Å²) in [5, 5.41) is 5.54. The molecule has 1 aromatic carbocycles. The van der Waals surface area contributed by atoms with E-state index in [4.69, 9.17) is 0 Å². The first kappa shape index (κ1) is 15.0. The second-order valence-electron chi connectivity index (χ2n) is 5.28. The first-order valence-corrected chi connectivity index (χ1v) is 7.05. The summed E-state index contributed by atoms with van der Waals surface area (Å²) in [7, 11) is 0. The number of carbonyl (C=O) groups excluding carboxylic acids is 2. The Hall–Kier alpha value is -2.36. The van der Waals surface area contributed by atoms with Crippen LogP contribution in [0.1, 0.15) is 25.8 Å². The first-order valence-electron chi connectivity index (χ1n) is 7.05. The Labute approximate surface area is 124 Å². The Morgan fingerprint density at radius 3 is 2.29 bits per heavy atom. The fourth-order valence-corrected chi connectivity index (χ4v) is 2.34. The van der Waals surface area contributed by atoms with E-state index in [-0.39, 0.29) is 11.8 Å². The van der Waals surface area contributed by atoms with Crippen molar-refractivity contribution in [3.8, 4) is 0 Å². The minimum atomic E-state index is -0.0615. The number of hydrogen-bond donors (Lipinski definition) is 2. The van der Waals surface area contributed by atoms with E-state index in [1.165, 1.54) is 19.4 Å². The molecule has 1 unspecified atom stereocenters. The average molecular weight is 284 g/mol. The smallest absolute Gasteiger partial charge is 0.221 e. The zero-order valence-electron chi connectivity index (χ0n) is 12.3. The summed E-state index contributed by atoms with van der Waals surface area (Å²) in [6, 6.07) is 7.90. The summed E-state index contributed by atoms with van der Waals surface area (Å²) in [5.74, 6) is 0.334. The summed E-state index contributed by atoms with van der Waals surface area (Å²) >= 11 is 0. The van der Waals surface area contributed by atoms with E-state index in [0.29, 0.717) is 5.92 Å². The van der Waals surface area contributed by atoms with Gasteiger partial charge in [-0.3, -0.25) is 9.59 Å². The van der Waals surface area contributed by atoms with Gasteiger partial charge in [-0.2, -0.15) is 0 Å². The number of benzene rings is 1. The fraction of sp³-hybridized carbons (Fsp3) is 0.294. The lowest BCUT2D eigenvalue weighted by atomic mass is 9.92. The maximum atomic E-state index is 11.0. The highest BCUT2D eigenvalue weighted by Gasteiger charge is 2.10. The quantitative estimate of drug-likeness (QED) is 0.893. The van der Waals surface area contributed by atoms with Gasteiger partial charge < -0.3 is 10.6 Å². The van der Waals surface area contributed by atoms with E-state index < -0.39 is 0 Å². The Bertz CT molecular complexity index is 585. The lowest BCUT2D eigenvalue weighted by Crippen LogP contribution is -2.19. The van der Waals surface area contributed by atoms with Crippen molar-refractivity contribution in [3.63, 3.8) is 0 Å². The van der Waals surface area contributed by atoms with Crippen LogP contribution in [0.15, 0.2) is 48.2 Å². The maximum Gasteiger partial charge on any atom is 0.221 e. The molecule has 2 N–H and O–H groups in total. The molecule has 2 rings (SSSR count). The van der Waals surface area contributed by atoms with E-state index in [2.05, 4.69) is 22.8 Å². The second-order valence-corrected chi connectivity index (χ2v) is 5.28. The number of hydrogen-bond acceptors (Lipinski definition) is 2. The lowest BCUT2D eigenvalue weighted by Gasteiger charge is -2.16. The second kappa shape index (κ2) is 6.88. The Morgan fingerprint density at radius 1 is 1.10 bits per heavy atom. The Kier molecular flexibility index (Phi) is 4.93. The van der Waals surface area contributed by atoms with Crippen LogP contribution in [0, 0.1) is 5.92 Å². The summed E-state index contributed by atoms with van der Waals surface area (Å²) in [5.41, 5.74) is 2.92. The monoisotopic (exact) mass is 284 g/mol. The first-order chi connectivity index (χ1) is 10.0. The van der Waals surface area contributed by atoms with Crippen molar-refractivity contribution in [3.05, 3.63) is 53.8 Å². The number of nitrogens with one attached hydrogen (secondary N) is 2. The van der Waals surface area contributed by atoms with Crippen molar-refractivity contribution in [2.24, 2.45) is 5.92 Å². The number of carbonyl (C=O) groups is 2. The number of allylic oxidation sites excluding steroid dienone is 3. The van der Waals surface area contributed by atoms with Gasteiger partial charge in [0.25, 0.3) is 0 Å². The normalized spacial score (nSPS) is 17.0. The molecule has 4 heteroatoms. The molecule has 1 aliphatic rings. The number of anilines is 1. The standard InChI is InChI=1S/C17H20N2O2/c1-12(20)18-16-7-3-14(4-8-16)11-15-5-9-17(10-6-15)19-13(2)21/h3-5,7-10,15H,6,11H2,1-2H3,(H,18,20)(H,19,21). The van der Waals surface area contributed by atoms with Gasteiger partial charge >= 0.3 is 0 Å². The lowest BCUT2D eigenvalue weighted by molar-refractivity contribution is -0.118. The van der Waals surface area contributed by atoms with E-state index in [0.717, 1.165) is 24.2 Å². The summed E-state index contributed by atoms with van der Waals surface area (Å²) in [4.78, 5) is 21.9. The maximum absolute atomic E-state index is 11.0. The third-order valence-corrected chi connectivity index (χ3v) is 3.28. The van der Waals surface area contributed by atoms with Crippen LogP contribution in [0.4, 0.5) is 5.69 Å². The van der Waals surface area contributed by atoms with E-state index in [1.807, 2.05) is 30.3 Å². The summed E-state index contributed by atoms with van der Waals surface area (Å²) in [6.07, 6.45) is 8.01. The molecule has 2 amide bonds. The zero-order valence-corrected chi connectivity index (χ0v) is 12.3. The Balaban J connectivity index is 1.89. The zero-order chi connectivity index (χ0) is 15.2. The van der Waals surface area contributed by atoms with Crippen molar-refractivity contribution in [2.75, 3.05) is 5.32 Å². The third-order valence-electron chi connectivity index (χ3n) is 3.28. The van der Waals surface area contributed by atoms with Gasteiger partial charge in [0.1, 0.15) is 0 Å². The fourth-order valence-electron chi connectivity index (χ4n) is 2.34.